The van der Waals surface area contributed by atoms with E-state index in [-0.39, 0.29) is 17.0 Å². The van der Waals surface area contributed by atoms with Gasteiger partial charge in [0.1, 0.15) is 5.82 Å². The minimum absolute atomic E-state index is 0.140. The lowest BCUT2D eigenvalue weighted by molar-refractivity contribution is -0.130. The van der Waals surface area contributed by atoms with Crippen molar-refractivity contribution in [2.24, 2.45) is 0 Å². The zero-order chi connectivity index (χ0) is 17.8. The van der Waals surface area contributed by atoms with Crippen molar-refractivity contribution in [2.45, 2.75) is 17.1 Å². The molecule has 1 atom stereocenters. The smallest absolute Gasteiger partial charge is 0.235 e. The third-order valence-electron chi connectivity index (χ3n) is 4.26. The van der Waals surface area contributed by atoms with Gasteiger partial charge in [0.05, 0.1) is 5.25 Å². The minimum Gasteiger partial charge on any atom is -0.368 e. The van der Waals surface area contributed by atoms with Gasteiger partial charge in [0.15, 0.2) is 0 Å². The highest BCUT2D eigenvalue weighted by molar-refractivity contribution is 8.00. The molecule has 3 rings (SSSR count). The van der Waals surface area contributed by atoms with Crippen molar-refractivity contribution in [3.63, 3.8) is 0 Å². The SMILES string of the molecule is C[C@H](Sc1ccc(Cl)cc1)C(=O)N1CCN(c2ccc(F)cc2)CC1. The average Bonchev–Trinajstić information content (AvgIpc) is 2.64. The first-order valence-electron chi connectivity index (χ1n) is 8.24. The van der Waals surface area contributed by atoms with E-state index in [1.165, 1.54) is 12.1 Å². The number of benzene rings is 2. The number of amides is 1. The van der Waals surface area contributed by atoms with Crippen LogP contribution in [0, 0.1) is 5.82 Å². The number of thioether (sulfide) groups is 1. The van der Waals surface area contributed by atoms with E-state index in [9.17, 15) is 9.18 Å². The van der Waals surface area contributed by atoms with Gasteiger partial charge in [0.2, 0.25) is 5.91 Å². The van der Waals surface area contributed by atoms with Gasteiger partial charge < -0.3 is 9.80 Å². The first-order chi connectivity index (χ1) is 12.0. The van der Waals surface area contributed by atoms with E-state index in [4.69, 9.17) is 11.6 Å². The molecule has 1 amide bonds. The van der Waals surface area contributed by atoms with Crippen LogP contribution in [0.2, 0.25) is 5.02 Å². The maximum atomic E-state index is 13.0. The van der Waals surface area contributed by atoms with Crippen LogP contribution in [0.5, 0.6) is 0 Å². The largest absolute Gasteiger partial charge is 0.368 e. The molecule has 3 nitrogen and oxygen atoms in total. The molecule has 2 aromatic carbocycles. The third kappa shape index (κ3) is 4.67. The zero-order valence-electron chi connectivity index (χ0n) is 14.0. The van der Waals surface area contributed by atoms with Gasteiger partial charge >= 0.3 is 0 Å². The number of hydrogen-bond acceptors (Lipinski definition) is 3. The Morgan fingerprint density at radius 3 is 2.24 bits per heavy atom. The van der Waals surface area contributed by atoms with Gasteiger partial charge in [-0.25, -0.2) is 4.39 Å². The Kier molecular flexibility index (Phi) is 5.86. The highest BCUT2D eigenvalue weighted by atomic mass is 35.5. The molecule has 0 spiro atoms. The van der Waals surface area contributed by atoms with Crippen LogP contribution >= 0.6 is 23.4 Å². The van der Waals surface area contributed by atoms with E-state index in [2.05, 4.69) is 4.90 Å². The number of nitrogens with zero attached hydrogens (tertiary/aromatic N) is 2. The van der Waals surface area contributed by atoms with Crippen LogP contribution in [0.25, 0.3) is 0 Å². The summed E-state index contributed by atoms with van der Waals surface area (Å²) in [7, 11) is 0. The molecule has 0 aromatic heterocycles. The maximum Gasteiger partial charge on any atom is 0.235 e. The second-order valence-corrected chi connectivity index (χ2v) is 7.85. The van der Waals surface area contributed by atoms with Gasteiger partial charge in [-0.15, -0.1) is 11.8 Å². The quantitative estimate of drug-likeness (QED) is 0.741. The normalized spacial score (nSPS) is 16.0. The van der Waals surface area contributed by atoms with Gasteiger partial charge in [-0.1, -0.05) is 11.6 Å². The summed E-state index contributed by atoms with van der Waals surface area (Å²) in [5.41, 5.74) is 0.997. The molecule has 1 aliphatic rings. The summed E-state index contributed by atoms with van der Waals surface area (Å²) in [5.74, 6) is -0.0793. The van der Waals surface area contributed by atoms with Crippen molar-refractivity contribution in [3.8, 4) is 0 Å². The van der Waals surface area contributed by atoms with E-state index in [1.807, 2.05) is 36.1 Å². The molecule has 1 saturated heterocycles. The molecule has 132 valence electrons. The summed E-state index contributed by atoms with van der Waals surface area (Å²) in [6, 6.07) is 14.0. The Balaban J connectivity index is 1.53. The van der Waals surface area contributed by atoms with Crippen molar-refractivity contribution in [1.29, 1.82) is 0 Å². The van der Waals surface area contributed by atoms with Crippen LogP contribution in [0.3, 0.4) is 0 Å². The Hall–Kier alpha value is -1.72. The van der Waals surface area contributed by atoms with Crippen molar-refractivity contribution in [2.75, 3.05) is 31.1 Å². The van der Waals surface area contributed by atoms with Crippen LogP contribution < -0.4 is 4.90 Å². The molecule has 1 aliphatic heterocycles. The molecule has 0 aliphatic carbocycles. The Labute approximate surface area is 156 Å². The Morgan fingerprint density at radius 2 is 1.64 bits per heavy atom. The lowest BCUT2D eigenvalue weighted by Crippen LogP contribution is -2.50. The molecule has 6 heteroatoms. The number of halogens is 2. The third-order valence-corrected chi connectivity index (χ3v) is 5.61. The van der Waals surface area contributed by atoms with Crippen LogP contribution in [-0.2, 0) is 4.79 Å². The van der Waals surface area contributed by atoms with E-state index < -0.39 is 0 Å². The molecule has 0 unspecified atom stereocenters. The van der Waals surface area contributed by atoms with Crippen LogP contribution in [0.4, 0.5) is 10.1 Å². The highest BCUT2D eigenvalue weighted by Crippen LogP contribution is 2.26. The van der Waals surface area contributed by atoms with E-state index >= 15 is 0 Å². The minimum atomic E-state index is -0.231. The van der Waals surface area contributed by atoms with Crippen molar-refractivity contribution in [3.05, 3.63) is 59.4 Å². The first kappa shape index (κ1) is 18.1. The number of anilines is 1. The molecular weight excluding hydrogens is 359 g/mol. The number of rotatable bonds is 4. The van der Waals surface area contributed by atoms with E-state index in [0.29, 0.717) is 18.1 Å². The van der Waals surface area contributed by atoms with Crippen molar-refractivity contribution < 1.29 is 9.18 Å². The summed E-state index contributed by atoms with van der Waals surface area (Å²) < 4.78 is 13.0. The van der Waals surface area contributed by atoms with E-state index in [0.717, 1.165) is 23.7 Å². The molecular formula is C19H20ClFN2OS. The van der Waals surface area contributed by atoms with Gasteiger partial charge in [0.25, 0.3) is 0 Å². The number of hydrogen-bond donors (Lipinski definition) is 0. The summed E-state index contributed by atoms with van der Waals surface area (Å²) in [6.07, 6.45) is 0. The second-order valence-electron chi connectivity index (χ2n) is 6.00. The molecule has 0 radical (unpaired) electrons. The summed E-state index contributed by atoms with van der Waals surface area (Å²) in [6.45, 7) is 4.82. The molecule has 25 heavy (non-hydrogen) atoms. The van der Waals surface area contributed by atoms with E-state index in [1.54, 1.807) is 23.9 Å². The second kappa shape index (κ2) is 8.11. The molecule has 2 aromatic rings. The number of carbonyl (C=O) groups is 1. The monoisotopic (exact) mass is 378 g/mol. The Morgan fingerprint density at radius 1 is 1.04 bits per heavy atom. The van der Waals surface area contributed by atoms with Crippen molar-refractivity contribution in [1.82, 2.24) is 4.90 Å². The fraction of sp³-hybridized carbons (Fsp3) is 0.316. The molecule has 1 fully saturated rings. The van der Waals surface area contributed by atoms with Crippen LogP contribution in [-0.4, -0.2) is 42.2 Å². The molecule has 0 N–H and O–H groups in total. The maximum absolute atomic E-state index is 13.0. The number of piperazine rings is 1. The van der Waals surface area contributed by atoms with Gasteiger partial charge in [-0.05, 0) is 55.5 Å². The molecule has 0 saturated carbocycles. The predicted molar refractivity (Wildman–Crippen MR) is 102 cm³/mol. The van der Waals surface area contributed by atoms with Crippen LogP contribution in [0.1, 0.15) is 6.92 Å². The summed E-state index contributed by atoms with van der Waals surface area (Å²) >= 11 is 7.44. The lowest BCUT2D eigenvalue weighted by Gasteiger charge is -2.37. The van der Waals surface area contributed by atoms with Gasteiger partial charge in [-0.2, -0.15) is 0 Å². The average molecular weight is 379 g/mol. The first-order valence-corrected chi connectivity index (χ1v) is 9.50. The predicted octanol–water partition coefficient (Wildman–Crippen LogP) is 4.31. The lowest BCUT2D eigenvalue weighted by atomic mass is 10.2. The highest BCUT2D eigenvalue weighted by Gasteiger charge is 2.25. The van der Waals surface area contributed by atoms with Gasteiger partial charge in [0, 0.05) is 41.8 Å². The standard InChI is InChI=1S/C19H20ClFN2OS/c1-14(25-18-8-2-15(20)3-9-18)19(24)23-12-10-22(11-13-23)17-6-4-16(21)5-7-17/h2-9,14H,10-13H2,1H3/t14-/m0/s1. The fourth-order valence-corrected chi connectivity index (χ4v) is 3.94. The fourth-order valence-electron chi connectivity index (χ4n) is 2.86. The Bertz CT molecular complexity index is 715. The number of carbonyl (C=O) groups excluding carboxylic acids is 1. The zero-order valence-corrected chi connectivity index (χ0v) is 15.6. The molecule has 1 heterocycles. The molecule has 0 bridgehead atoms. The van der Waals surface area contributed by atoms with Crippen molar-refractivity contribution >= 4 is 35.0 Å². The summed E-state index contributed by atoms with van der Waals surface area (Å²) in [4.78, 5) is 17.8. The topological polar surface area (TPSA) is 23.6 Å². The van der Waals surface area contributed by atoms with Gasteiger partial charge in [-0.3, -0.25) is 4.79 Å². The summed E-state index contributed by atoms with van der Waals surface area (Å²) in [5, 5.41) is 0.554. The van der Waals surface area contributed by atoms with Crippen LogP contribution in [0.15, 0.2) is 53.4 Å².